The number of ether oxygens (including phenoxy) is 2. The molecule has 0 aromatic rings. The third-order valence-corrected chi connectivity index (χ3v) is 1.83. The van der Waals surface area contributed by atoms with Crippen LogP contribution in [-0.2, 0) is 9.47 Å². The smallest absolute Gasteiger partial charge is 0.108 e. The lowest BCUT2D eigenvalue weighted by molar-refractivity contribution is -0.00805. The molecule has 0 radical (unpaired) electrons. The molecule has 1 saturated heterocycles. The van der Waals surface area contributed by atoms with E-state index in [9.17, 15) is 0 Å². The van der Waals surface area contributed by atoms with E-state index >= 15 is 0 Å². The van der Waals surface area contributed by atoms with Gasteiger partial charge in [-0.05, 0) is 25.8 Å². The maximum Gasteiger partial charge on any atom is 0.108 e. The van der Waals surface area contributed by atoms with Crippen LogP contribution in [0.15, 0.2) is 0 Å². The number of nitrogens with one attached hydrogen (secondary N) is 1. The van der Waals surface area contributed by atoms with Crippen molar-refractivity contribution < 1.29 is 9.47 Å². The fourth-order valence-corrected chi connectivity index (χ4v) is 1.22. The summed E-state index contributed by atoms with van der Waals surface area (Å²) in [6, 6.07) is 0. The topological polar surface area (TPSA) is 30.5 Å². The fourth-order valence-electron chi connectivity index (χ4n) is 1.22. The summed E-state index contributed by atoms with van der Waals surface area (Å²) in [5.74, 6) is 0. The van der Waals surface area contributed by atoms with Crippen LogP contribution in [0.2, 0.25) is 0 Å². The van der Waals surface area contributed by atoms with E-state index in [1.54, 1.807) is 7.11 Å². The van der Waals surface area contributed by atoms with Crippen molar-refractivity contribution in [3.05, 3.63) is 0 Å². The van der Waals surface area contributed by atoms with Gasteiger partial charge in [0.25, 0.3) is 0 Å². The Kier molecular flexibility index (Phi) is 7.91. The molecule has 1 N–H and O–H groups in total. The molecule has 0 bridgehead atoms. The average Bonchev–Trinajstić information content (AvgIpc) is 2.07. The quantitative estimate of drug-likeness (QED) is 0.684. The van der Waals surface area contributed by atoms with E-state index in [4.69, 9.17) is 9.47 Å². The maximum absolute atomic E-state index is 5.46. The molecule has 12 heavy (non-hydrogen) atoms. The summed E-state index contributed by atoms with van der Waals surface area (Å²) in [6.45, 7) is 2.84. The van der Waals surface area contributed by atoms with Crippen molar-refractivity contribution in [3.63, 3.8) is 0 Å². The van der Waals surface area contributed by atoms with Gasteiger partial charge in [0.1, 0.15) is 6.23 Å². The van der Waals surface area contributed by atoms with Crippen molar-refractivity contribution in [1.29, 1.82) is 0 Å². The summed E-state index contributed by atoms with van der Waals surface area (Å²) in [6.07, 6.45) is 3.56. The Morgan fingerprint density at radius 3 is 3.00 bits per heavy atom. The number of halogens is 1. The highest BCUT2D eigenvalue weighted by Crippen LogP contribution is 2.04. The molecule has 1 rings (SSSR count). The first-order valence-corrected chi connectivity index (χ1v) is 4.27. The van der Waals surface area contributed by atoms with Crippen LogP contribution in [0.25, 0.3) is 0 Å². The summed E-state index contributed by atoms with van der Waals surface area (Å²) in [5, 5.41) is 3.30. The van der Waals surface area contributed by atoms with Crippen LogP contribution in [-0.4, -0.2) is 33.1 Å². The van der Waals surface area contributed by atoms with Gasteiger partial charge < -0.3 is 9.47 Å². The minimum Gasteiger partial charge on any atom is -0.385 e. The molecule has 1 atom stereocenters. The zero-order valence-electron chi connectivity index (χ0n) is 7.54. The molecule has 0 aromatic heterocycles. The highest BCUT2D eigenvalue weighted by Gasteiger charge is 2.11. The highest BCUT2D eigenvalue weighted by atomic mass is 35.5. The van der Waals surface area contributed by atoms with Gasteiger partial charge in [-0.3, -0.25) is 5.32 Å². The standard InChI is InChI=1S/C8H17NO2.ClH/c1-10-6-2-4-8-9-5-3-7-11-8;/h8-9H,2-7H2,1H3;1H. The Labute approximate surface area is 80.2 Å². The van der Waals surface area contributed by atoms with Crippen LogP contribution in [0.1, 0.15) is 19.3 Å². The molecule has 0 amide bonds. The number of methoxy groups -OCH3 is 1. The lowest BCUT2D eigenvalue weighted by Crippen LogP contribution is -2.38. The normalized spacial score (nSPS) is 23.2. The van der Waals surface area contributed by atoms with E-state index in [2.05, 4.69) is 5.32 Å². The van der Waals surface area contributed by atoms with E-state index in [1.165, 1.54) is 0 Å². The van der Waals surface area contributed by atoms with Gasteiger partial charge in [0.05, 0.1) is 0 Å². The number of rotatable bonds is 4. The third kappa shape index (κ3) is 4.93. The van der Waals surface area contributed by atoms with E-state index < -0.39 is 0 Å². The zero-order chi connectivity index (χ0) is 7.94. The third-order valence-electron chi connectivity index (χ3n) is 1.83. The fraction of sp³-hybridized carbons (Fsp3) is 1.00. The van der Waals surface area contributed by atoms with Gasteiger partial charge >= 0.3 is 0 Å². The van der Waals surface area contributed by atoms with Crippen molar-refractivity contribution in [3.8, 4) is 0 Å². The summed E-state index contributed by atoms with van der Waals surface area (Å²) in [4.78, 5) is 0. The van der Waals surface area contributed by atoms with Crippen molar-refractivity contribution >= 4 is 12.4 Å². The SMILES string of the molecule is COCCCC1NCCCO1.Cl. The lowest BCUT2D eigenvalue weighted by Gasteiger charge is -2.23. The molecule has 4 heteroatoms. The Bertz CT molecular complexity index is 97.1. The molecule has 0 spiro atoms. The van der Waals surface area contributed by atoms with Crippen molar-refractivity contribution in [1.82, 2.24) is 5.32 Å². The average molecular weight is 196 g/mol. The molecular weight excluding hydrogens is 178 g/mol. The van der Waals surface area contributed by atoms with E-state index in [1.807, 2.05) is 0 Å². The first-order chi connectivity index (χ1) is 5.43. The Balaban J connectivity index is 0.00000121. The van der Waals surface area contributed by atoms with Gasteiger partial charge in [0, 0.05) is 20.3 Å². The van der Waals surface area contributed by atoms with Gasteiger partial charge in [0.15, 0.2) is 0 Å². The second kappa shape index (κ2) is 7.80. The number of hydrogen-bond acceptors (Lipinski definition) is 3. The lowest BCUT2D eigenvalue weighted by atomic mass is 10.2. The molecule has 0 aliphatic carbocycles. The molecule has 1 heterocycles. The van der Waals surface area contributed by atoms with Crippen LogP contribution < -0.4 is 5.32 Å². The summed E-state index contributed by atoms with van der Waals surface area (Å²) in [7, 11) is 1.73. The van der Waals surface area contributed by atoms with Crippen LogP contribution in [0, 0.1) is 0 Å². The van der Waals surface area contributed by atoms with Gasteiger partial charge in [0.2, 0.25) is 0 Å². The monoisotopic (exact) mass is 195 g/mol. The highest BCUT2D eigenvalue weighted by molar-refractivity contribution is 5.85. The van der Waals surface area contributed by atoms with E-state index in [-0.39, 0.29) is 18.6 Å². The molecule has 0 saturated carbocycles. The van der Waals surface area contributed by atoms with Crippen LogP contribution in [0.3, 0.4) is 0 Å². The second-order valence-corrected chi connectivity index (χ2v) is 2.80. The van der Waals surface area contributed by atoms with Crippen molar-refractivity contribution in [2.24, 2.45) is 0 Å². The minimum atomic E-state index is 0. The first-order valence-electron chi connectivity index (χ1n) is 4.27. The molecule has 1 aliphatic rings. The van der Waals surface area contributed by atoms with Gasteiger partial charge in [-0.2, -0.15) is 0 Å². The molecule has 74 valence electrons. The molecule has 1 unspecified atom stereocenters. The Morgan fingerprint density at radius 1 is 1.58 bits per heavy atom. The summed E-state index contributed by atoms with van der Waals surface area (Å²) >= 11 is 0. The van der Waals surface area contributed by atoms with Gasteiger partial charge in [-0.15, -0.1) is 12.4 Å². The minimum absolute atomic E-state index is 0. The van der Waals surface area contributed by atoms with Crippen LogP contribution in [0.5, 0.6) is 0 Å². The van der Waals surface area contributed by atoms with Crippen LogP contribution in [0.4, 0.5) is 0 Å². The van der Waals surface area contributed by atoms with Crippen molar-refractivity contribution in [2.45, 2.75) is 25.5 Å². The summed E-state index contributed by atoms with van der Waals surface area (Å²) in [5.41, 5.74) is 0. The molecule has 1 fully saturated rings. The molecule has 3 nitrogen and oxygen atoms in total. The predicted molar refractivity (Wildman–Crippen MR) is 50.7 cm³/mol. The van der Waals surface area contributed by atoms with Gasteiger partial charge in [-0.1, -0.05) is 0 Å². The van der Waals surface area contributed by atoms with E-state index in [0.29, 0.717) is 0 Å². The van der Waals surface area contributed by atoms with Crippen LogP contribution >= 0.6 is 12.4 Å². The van der Waals surface area contributed by atoms with Gasteiger partial charge in [-0.25, -0.2) is 0 Å². The molecular formula is C8H18ClNO2. The Hall–Kier alpha value is 0.170. The molecule has 0 aromatic carbocycles. The molecule has 1 aliphatic heterocycles. The zero-order valence-corrected chi connectivity index (χ0v) is 8.36. The van der Waals surface area contributed by atoms with Crippen molar-refractivity contribution in [2.75, 3.05) is 26.9 Å². The summed E-state index contributed by atoms with van der Waals surface area (Å²) < 4.78 is 10.4. The largest absolute Gasteiger partial charge is 0.385 e. The second-order valence-electron chi connectivity index (χ2n) is 2.80. The maximum atomic E-state index is 5.46. The van der Waals surface area contributed by atoms with E-state index in [0.717, 1.165) is 39.0 Å². The number of hydrogen-bond donors (Lipinski definition) is 1. The Morgan fingerprint density at radius 2 is 2.42 bits per heavy atom. The first kappa shape index (κ1) is 12.2. The predicted octanol–water partition coefficient (Wildman–Crippen LogP) is 1.17.